The van der Waals surface area contributed by atoms with Crippen molar-refractivity contribution < 1.29 is 9.59 Å². The highest BCUT2D eigenvalue weighted by molar-refractivity contribution is 9.10. The number of nitrogens with zero attached hydrogens (tertiary/aromatic N) is 7. The summed E-state index contributed by atoms with van der Waals surface area (Å²) in [5.41, 5.74) is 13.5. The number of carbonyl (C=O) groups excluding carboxylic acids is 2. The number of carbonyl (C=O) groups is 2. The molecule has 2 fully saturated rings. The largest absolute Gasteiger partial charge is 0.339 e. The highest BCUT2D eigenvalue weighted by atomic mass is 79.9. The summed E-state index contributed by atoms with van der Waals surface area (Å²) in [7, 11) is 0. The Morgan fingerprint density at radius 1 is 0.528 bits per heavy atom. The molecule has 0 atom stereocenters. The Hall–Kier alpha value is -6.12. The molecule has 0 aliphatic carbocycles. The molecule has 2 N–H and O–H groups in total. The van der Waals surface area contributed by atoms with E-state index in [9.17, 15) is 14.9 Å². The Labute approximate surface area is 445 Å². The Morgan fingerprint density at radius 3 is 1.39 bits per heavy atom. The zero-order valence-electron chi connectivity index (χ0n) is 42.3. The second-order valence-electron chi connectivity index (χ2n) is 17.8. The molecule has 0 spiro atoms. The van der Waals surface area contributed by atoms with Gasteiger partial charge in [0.25, 0.3) is 11.8 Å². The van der Waals surface area contributed by atoms with Crippen molar-refractivity contribution in [2.75, 3.05) is 57.3 Å². The summed E-state index contributed by atoms with van der Waals surface area (Å²) in [4.78, 5) is 35.6. The number of halogens is 2. The summed E-state index contributed by atoms with van der Waals surface area (Å²) < 4.78 is 1.94. The van der Waals surface area contributed by atoms with E-state index >= 15 is 0 Å². The number of likely N-dealkylation sites (tertiary alicyclic amines) is 2. The van der Waals surface area contributed by atoms with E-state index in [4.69, 9.17) is 11.0 Å². The van der Waals surface area contributed by atoms with Gasteiger partial charge in [0, 0.05) is 95.9 Å². The van der Waals surface area contributed by atoms with Crippen LogP contribution in [-0.4, -0.2) is 95.9 Å². The predicted octanol–water partition coefficient (Wildman–Crippen LogP) is 12.7. The topological polar surface area (TPSA) is 124 Å². The van der Waals surface area contributed by atoms with Crippen LogP contribution in [0.3, 0.4) is 0 Å². The molecule has 12 heteroatoms. The maximum Gasteiger partial charge on any atom is 0.253 e. The van der Waals surface area contributed by atoms with Crippen LogP contribution in [0.1, 0.15) is 96.3 Å². The SMILES string of the molecule is CCN(CC)C(=O)c1ccc(Br)cc1.CCN(CC)C(=O)c1ccc(N(c2cccc(C#N)c2)C2CCN(Cc3ccccc3)CC2)cc1.N#Cc1cccc(Br)c1.NC1CCN(Cc2ccccc2)CC1. The molecule has 2 aliphatic heterocycles. The van der Waals surface area contributed by atoms with Crippen LogP contribution < -0.4 is 10.6 Å². The zero-order chi connectivity index (χ0) is 51.7. The number of amides is 2. The molecule has 0 aromatic heterocycles. The molecular weight excluding hydrogens is 1020 g/mol. The van der Waals surface area contributed by atoms with Crippen molar-refractivity contribution >= 4 is 55.0 Å². The first kappa shape index (κ1) is 56.8. The Kier molecular flexibility index (Phi) is 24.2. The second-order valence-corrected chi connectivity index (χ2v) is 19.6. The van der Waals surface area contributed by atoms with Crippen molar-refractivity contribution in [2.24, 2.45) is 5.73 Å². The molecule has 0 radical (unpaired) electrons. The number of hydrogen-bond donors (Lipinski definition) is 1. The lowest BCUT2D eigenvalue weighted by Gasteiger charge is -2.40. The molecule has 376 valence electrons. The quantitative estimate of drug-likeness (QED) is 0.121. The third-order valence-electron chi connectivity index (χ3n) is 12.8. The van der Waals surface area contributed by atoms with E-state index < -0.39 is 0 Å². The van der Waals surface area contributed by atoms with Gasteiger partial charge >= 0.3 is 0 Å². The van der Waals surface area contributed by atoms with E-state index in [2.05, 4.69) is 119 Å². The van der Waals surface area contributed by atoms with Gasteiger partial charge in [-0.2, -0.15) is 10.5 Å². The Bertz CT molecular complexity index is 2610. The van der Waals surface area contributed by atoms with Crippen LogP contribution in [0.15, 0.2) is 167 Å². The molecule has 8 rings (SSSR count). The molecular formula is C60H70Br2N8O2. The predicted molar refractivity (Wildman–Crippen MR) is 301 cm³/mol. The van der Waals surface area contributed by atoms with Gasteiger partial charge in [0.15, 0.2) is 0 Å². The summed E-state index contributed by atoms with van der Waals surface area (Å²) in [5.74, 6) is 0.163. The van der Waals surface area contributed by atoms with Crippen LogP contribution >= 0.6 is 31.9 Å². The van der Waals surface area contributed by atoms with Crippen molar-refractivity contribution in [3.05, 3.63) is 200 Å². The van der Waals surface area contributed by atoms with E-state index in [0.29, 0.717) is 41.9 Å². The number of piperidine rings is 2. The number of benzene rings is 6. The molecule has 72 heavy (non-hydrogen) atoms. The van der Waals surface area contributed by atoms with Crippen molar-refractivity contribution in [1.29, 1.82) is 10.5 Å². The van der Waals surface area contributed by atoms with Crippen molar-refractivity contribution in [3.63, 3.8) is 0 Å². The fourth-order valence-corrected chi connectivity index (χ4v) is 9.39. The zero-order valence-corrected chi connectivity index (χ0v) is 45.5. The highest BCUT2D eigenvalue weighted by Gasteiger charge is 2.27. The van der Waals surface area contributed by atoms with Gasteiger partial charge in [-0.1, -0.05) is 105 Å². The van der Waals surface area contributed by atoms with Crippen LogP contribution in [0.2, 0.25) is 0 Å². The normalized spacial score (nSPS) is 13.8. The lowest BCUT2D eigenvalue weighted by atomic mass is 9.99. The van der Waals surface area contributed by atoms with E-state index in [0.717, 1.165) is 104 Å². The Morgan fingerprint density at radius 2 is 0.958 bits per heavy atom. The number of nitriles is 2. The van der Waals surface area contributed by atoms with Gasteiger partial charge in [-0.25, -0.2) is 0 Å². The summed E-state index contributed by atoms with van der Waals surface area (Å²) in [6, 6.07) is 56.9. The minimum absolute atomic E-state index is 0.0637. The number of anilines is 2. The first-order valence-electron chi connectivity index (χ1n) is 25.2. The van der Waals surface area contributed by atoms with E-state index in [1.165, 1.54) is 11.1 Å². The molecule has 2 heterocycles. The van der Waals surface area contributed by atoms with Crippen molar-refractivity contribution in [1.82, 2.24) is 19.6 Å². The van der Waals surface area contributed by atoms with Crippen LogP contribution in [-0.2, 0) is 13.1 Å². The minimum atomic E-state index is 0.0637. The monoisotopic (exact) mass is 1090 g/mol. The summed E-state index contributed by atoms with van der Waals surface area (Å²) in [6.45, 7) is 17.3. The molecule has 10 nitrogen and oxygen atoms in total. The lowest BCUT2D eigenvalue weighted by molar-refractivity contribution is 0.0765. The molecule has 6 aromatic carbocycles. The van der Waals surface area contributed by atoms with Gasteiger partial charge < -0.3 is 20.4 Å². The van der Waals surface area contributed by atoms with Crippen molar-refractivity contribution in [2.45, 2.75) is 78.6 Å². The molecule has 2 amide bonds. The van der Waals surface area contributed by atoms with Gasteiger partial charge in [-0.15, -0.1) is 0 Å². The van der Waals surface area contributed by atoms with Gasteiger partial charge in [0.2, 0.25) is 0 Å². The molecule has 2 aliphatic rings. The summed E-state index contributed by atoms with van der Waals surface area (Å²) >= 11 is 6.59. The number of hydrogen-bond acceptors (Lipinski definition) is 8. The molecule has 0 unspecified atom stereocenters. The highest BCUT2D eigenvalue weighted by Crippen LogP contribution is 2.33. The molecule has 6 aromatic rings. The van der Waals surface area contributed by atoms with E-state index in [1.54, 1.807) is 12.1 Å². The average molecular weight is 1100 g/mol. The van der Waals surface area contributed by atoms with Gasteiger partial charge in [0.05, 0.1) is 23.3 Å². The number of nitrogens with two attached hydrogens (primary N) is 1. The smallest absolute Gasteiger partial charge is 0.253 e. The molecule has 0 saturated carbocycles. The lowest BCUT2D eigenvalue weighted by Crippen LogP contribution is -2.43. The van der Waals surface area contributed by atoms with Crippen LogP contribution in [0.4, 0.5) is 11.4 Å². The van der Waals surface area contributed by atoms with Crippen molar-refractivity contribution in [3.8, 4) is 12.1 Å². The third kappa shape index (κ3) is 18.2. The molecule has 0 bridgehead atoms. The third-order valence-corrected chi connectivity index (χ3v) is 13.9. The van der Waals surface area contributed by atoms with E-state index in [-0.39, 0.29) is 11.8 Å². The average Bonchev–Trinajstić information content (AvgIpc) is 3.42. The maximum atomic E-state index is 12.8. The van der Waals surface area contributed by atoms with Gasteiger partial charge in [-0.3, -0.25) is 19.4 Å². The number of rotatable bonds is 13. The fourth-order valence-electron chi connectivity index (χ4n) is 8.73. The van der Waals surface area contributed by atoms with Crippen LogP contribution in [0.25, 0.3) is 0 Å². The Balaban J connectivity index is 0.000000212. The van der Waals surface area contributed by atoms with Crippen LogP contribution in [0, 0.1) is 22.7 Å². The molecule has 2 saturated heterocycles. The standard InChI is InChI=1S/C30H34N4O.C12H18N2.C11H14BrNO.C7H4BrN/c1-3-33(4-2)30(35)26-13-15-27(16-14-26)34(29-12-8-11-25(21-29)22-31)28-17-19-32(20-18-28)23-24-9-6-5-7-10-24;13-12-6-8-14(9-7-12)10-11-4-2-1-3-5-11;1-3-13(4-2)11(14)9-5-7-10(12)8-6-9;8-7-3-1-2-6(4-7)5-9/h5-16,21,28H,3-4,17-20,23H2,1-2H3;1-5,12H,6-10,13H2;5-8H,3-4H2,1-2H3;1-4H. The minimum Gasteiger partial charge on any atom is -0.339 e. The van der Waals surface area contributed by atoms with Gasteiger partial charge in [-0.05, 0) is 163 Å². The summed E-state index contributed by atoms with van der Waals surface area (Å²) in [6.07, 6.45) is 4.35. The summed E-state index contributed by atoms with van der Waals surface area (Å²) in [5, 5.41) is 17.9. The second kappa shape index (κ2) is 30.7. The maximum absolute atomic E-state index is 12.8. The van der Waals surface area contributed by atoms with Crippen LogP contribution in [0.5, 0.6) is 0 Å². The first-order chi connectivity index (χ1) is 35.0. The van der Waals surface area contributed by atoms with Gasteiger partial charge in [0.1, 0.15) is 0 Å². The van der Waals surface area contributed by atoms with E-state index in [1.807, 2.05) is 122 Å². The first-order valence-corrected chi connectivity index (χ1v) is 26.7. The fraction of sp³-hybridized carbons (Fsp3) is 0.333.